The van der Waals surface area contributed by atoms with Crippen molar-refractivity contribution in [3.05, 3.63) is 162 Å². The van der Waals surface area contributed by atoms with Crippen molar-refractivity contribution in [1.82, 2.24) is 0 Å². The predicted molar refractivity (Wildman–Crippen MR) is 286 cm³/mol. The second-order valence-electron chi connectivity index (χ2n) is 16.6. The molecule has 70 heavy (non-hydrogen) atoms. The van der Waals surface area contributed by atoms with E-state index in [9.17, 15) is 0 Å². The SMILES string of the molecule is COc1c(C)cc(-c2cc(OC)c3ccccc3c2OC)cc1C.COc1ccc(C)cc1-c1cc(OC)c2ccccc2c1OC.COc1cccc(C)c1-c1cc(OC)c2ccccc2c1OC. The van der Waals surface area contributed by atoms with E-state index in [-0.39, 0.29) is 0 Å². The maximum atomic E-state index is 5.76. The molecule has 9 heteroatoms. The van der Waals surface area contributed by atoms with E-state index in [4.69, 9.17) is 42.6 Å². The summed E-state index contributed by atoms with van der Waals surface area (Å²) in [5.74, 6) is 7.54. The number of aryl methyl sites for hydroxylation is 4. The van der Waals surface area contributed by atoms with Crippen LogP contribution in [0.1, 0.15) is 22.3 Å². The Balaban J connectivity index is 0.000000155. The van der Waals surface area contributed by atoms with E-state index < -0.39 is 0 Å². The maximum Gasteiger partial charge on any atom is 0.134 e. The standard InChI is InChI=1S/C21H22O3.2C20H20O3/c1-13-10-15(11-14(2)20(13)23-4)18-12-19(22-3)16-8-6-7-9-17(16)21(18)24-5;1-13-8-7-11-17(21-2)19(13)16-12-18(22-3)14-9-5-6-10-15(14)20(16)23-4;1-13-9-10-18(21-2)16(11-13)17-12-19(22-3)14-7-5-6-8-15(14)20(17)23-4/h6-12H,1-5H3;2*5-12H,1-4H3. The van der Waals surface area contributed by atoms with Crippen molar-refractivity contribution < 1.29 is 42.6 Å². The number of benzene rings is 9. The van der Waals surface area contributed by atoms with Crippen LogP contribution in [0.5, 0.6) is 51.7 Å². The fraction of sp³-hybridized carbons (Fsp3) is 0.213. The minimum absolute atomic E-state index is 0.811. The van der Waals surface area contributed by atoms with Crippen molar-refractivity contribution >= 4 is 32.3 Å². The smallest absolute Gasteiger partial charge is 0.134 e. The highest BCUT2D eigenvalue weighted by atomic mass is 16.5. The molecule has 0 aromatic heterocycles. The van der Waals surface area contributed by atoms with Gasteiger partial charge in [0.2, 0.25) is 0 Å². The third-order valence-corrected chi connectivity index (χ3v) is 12.5. The zero-order chi connectivity index (χ0) is 50.1. The molecule has 9 aromatic carbocycles. The highest BCUT2D eigenvalue weighted by Gasteiger charge is 2.21. The summed E-state index contributed by atoms with van der Waals surface area (Å²) in [6.07, 6.45) is 0. The van der Waals surface area contributed by atoms with Gasteiger partial charge in [0.15, 0.2) is 0 Å². The van der Waals surface area contributed by atoms with Crippen LogP contribution in [-0.2, 0) is 0 Å². The first-order valence-electron chi connectivity index (χ1n) is 22.9. The van der Waals surface area contributed by atoms with E-state index in [1.807, 2.05) is 109 Å². The van der Waals surface area contributed by atoms with Crippen molar-refractivity contribution in [3.8, 4) is 85.1 Å². The van der Waals surface area contributed by atoms with Gasteiger partial charge in [-0.2, -0.15) is 0 Å². The van der Waals surface area contributed by atoms with Gasteiger partial charge in [-0.25, -0.2) is 0 Å². The van der Waals surface area contributed by atoms with Crippen LogP contribution in [0.15, 0.2) is 140 Å². The number of ether oxygens (including phenoxy) is 9. The Morgan fingerprint density at radius 3 is 1.10 bits per heavy atom. The van der Waals surface area contributed by atoms with Crippen molar-refractivity contribution in [2.24, 2.45) is 0 Å². The molecule has 0 aliphatic heterocycles. The molecule has 9 nitrogen and oxygen atoms in total. The molecule has 0 aliphatic rings. The largest absolute Gasteiger partial charge is 0.496 e. The van der Waals surface area contributed by atoms with Crippen molar-refractivity contribution in [3.63, 3.8) is 0 Å². The summed E-state index contributed by atoms with van der Waals surface area (Å²) in [6.45, 7) is 8.24. The molecule has 0 aliphatic carbocycles. The van der Waals surface area contributed by atoms with Gasteiger partial charge in [0.1, 0.15) is 51.7 Å². The summed E-state index contributed by atoms with van der Waals surface area (Å²) in [6, 6.07) is 46.7. The van der Waals surface area contributed by atoms with Crippen LogP contribution in [0.4, 0.5) is 0 Å². The summed E-state index contributed by atoms with van der Waals surface area (Å²) >= 11 is 0. The van der Waals surface area contributed by atoms with Gasteiger partial charge < -0.3 is 42.6 Å². The van der Waals surface area contributed by atoms with Crippen molar-refractivity contribution in [2.45, 2.75) is 27.7 Å². The van der Waals surface area contributed by atoms with E-state index in [0.29, 0.717) is 0 Å². The van der Waals surface area contributed by atoms with Gasteiger partial charge in [0.25, 0.3) is 0 Å². The molecule has 0 radical (unpaired) electrons. The molecule has 0 unspecified atom stereocenters. The Bertz CT molecular complexity index is 3280. The first kappa shape index (κ1) is 49.9. The van der Waals surface area contributed by atoms with Crippen LogP contribution < -0.4 is 42.6 Å². The Morgan fingerprint density at radius 1 is 0.257 bits per heavy atom. The Hall–Kier alpha value is -8.04. The van der Waals surface area contributed by atoms with Crippen molar-refractivity contribution in [2.75, 3.05) is 64.0 Å². The quantitative estimate of drug-likeness (QED) is 0.119. The van der Waals surface area contributed by atoms with Gasteiger partial charge >= 0.3 is 0 Å². The molecule has 9 aromatic rings. The monoisotopic (exact) mass is 938 g/mol. The topological polar surface area (TPSA) is 83.1 Å². The zero-order valence-electron chi connectivity index (χ0n) is 42.5. The van der Waals surface area contributed by atoms with E-state index in [0.717, 1.165) is 140 Å². The van der Waals surface area contributed by atoms with Gasteiger partial charge in [-0.3, -0.25) is 0 Å². The number of rotatable bonds is 12. The van der Waals surface area contributed by atoms with Gasteiger partial charge in [-0.15, -0.1) is 0 Å². The molecular weight excluding hydrogens is 877 g/mol. The van der Waals surface area contributed by atoms with E-state index >= 15 is 0 Å². The first-order valence-corrected chi connectivity index (χ1v) is 22.9. The lowest BCUT2D eigenvalue weighted by Gasteiger charge is -2.18. The minimum atomic E-state index is 0.811. The molecule has 360 valence electrons. The minimum Gasteiger partial charge on any atom is -0.496 e. The molecule has 0 saturated heterocycles. The number of hydrogen-bond donors (Lipinski definition) is 0. The Morgan fingerprint density at radius 2 is 0.657 bits per heavy atom. The fourth-order valence-electron chi connectivity index (χ4n) is 9.33. The summed E-state index contributed by atoms with van der Waals surface area (Å²) in [7, 11) is 15.2. The lowest BCUT2D eigenvalue weighted by atomic mass is 9.95. The summed E-state index contributed by atoms with van der Waals surface area (Å²) in [5, 5.41) is 6.19. The van der Waals surface area contributed by atoms with Gasteiger partial charge in [0, 0.05) is 60.1 Å². The van der Waals surface area contributed by atoms with E-state index in [2.05, 4.69) is 58.0 Å². The van der Waals surface area contributed by atoms with Crippen LogP contribution in [-0.4, -0.2) is 64.0 Å². The summed E-state index contributed by atoms with van der Waals surface area (Å²) in [4.78, 5) is 0. The maximum absolute atomic E-state index is 5.76. The molecule has 0 fully saturated rings. The van der Waals surface area contributed by atoms with Crippen LogP contribution in [0, 0.1) is 27.7 Å². The number of methoxy groups -OCH3 is 9. The molecule has 0 N–H and O–H groups in total. The third kappa shape index (κ3) is 9.78. The first-order chi connectivity index (χ1) is 34.0. The lowest BCUT2D eigenvalue weighted by Crippen LogP contribution is -1.97. The van der Waals surface area contributed by atoms with Crippen molar-refractivity contribution in [1.29, 1.82) is 0 Å². The number of fused-ring (bicyclic) bond motifs is 3. The Kier molecular flexibility index (Phi) is 15.9. The molecule has 0 amide bonds. The molecule has 0 atom stereocenters. The molecule has 0 bridgehead atoms. The molecule has 9 rings (SSSR count). The highest BCUT2D eigenvalue weighted by Crippen LogP contribution is 2.48. The second-order valence-corrected chi connectivity index (χ2v) is 16.6. The summed E-state index contributed by atoms with van der Waals surface area (Å²) < 4.78 is 50.7. The van der Waals surface area contributed by atoms with Crippen LogP contribution in [0.3, 0.4) is 0 Å². The zero-order valence-corrected chi connectivity index (χ0v) is 42.5. The van der Waals surface area contributed by atoms with Gasteiger partial charge in [-0.05, 0) is 98.5 Å². The Labute approximate surface area is 412 Å². The molecular formula is C61H62O9. The van der Waals surface area contributed by atoms with Crippen LogP contribution >= 0.6 is 0 Å². The number of hydrogen-bond acceptors (Lipinski definition) is 9. The van der Waals surface area contributed by atoms with Crippen LogP contribution in [0.2, 0.25) is 0 Å². The fourth-order valence-corrected chi connectivity index (χ4v) is 9.33. The predicted octanol–water partition coefficient (Wildman–Crippen LogP) is 14.8. The van der Waals surface area contributed by atoms with Gasteiger partial charge in [0.05, 0.1) is 64.0 Å². The van der Waals surface area contributed by atoms with E-state index in [1.165, 1.54) is 0 Å². The van der Waals surface area contributed by atoms with Crippen LogP contribution in [0.25, 0.3) is 65.7 Å². The van der Waals surface area contributed by atoms with E-state index in [1.54, 1.807) is 64.0 Å². The normalized spacial score (nSPS) is 10.6. The molecule has 0 spiro atoms. The van der Waals surface area contributed by atoms with Gasteiger partial charge in [-0.1, -0.05) is 96.6 Å². The third-order valence-electron chi connectivity index (χ3n) is 12.5. The average molecular weight is 939 g/mol. The molecule has 0 saturated carbocycles. The molecule has 0 heterocycles. The highest BCUT2D eigenvalue weighted by molar-refractivity contribution is 6.02. The average Bonchev–Trinajstić information content (AvgIpc) is 3.39. The lowest BCUT2D eigenvalue weighted by molar-refractivity contribution is 0.408. The second kappa shape index (κ2) is 22.4. The summed E-state index contributed by atoms with van der Waals surface area (Å²) in [5.41, 5.74) is 10.5.